The summed E-state index contributed by atoms with van der Waals surface area (Å²) in [7, 11) is 3.78. The van der Waals surface area contributed by atoms with E-state index in [9.17, 15) is 0 Å². The van der Waals surface area contributed by atoms with Crippen LogP contribution in [0.15, 0.2) is 0 Å². The normalized spacial score (nSPS) is 25.5. The molecule has 0 aromatic heterocycles. The van der Waals surface area contributed by atoms with E-state index in [0.29, 0.717) is 6.04 Å². The van der Waals surface area contributed by atoms with Crippen molar-refractivity contribution in [2.75, 3.05) is 40.4 Å². The van der Waals surface area contributed by atoms with Crippen molar-refractivity contribution in [3.8, 4) is 0 Å². The van der Waals surface area contributed by atoms with Crippen molar-refractivity contribution in [1.82, 2.24) is 10.2 Å². The molecule has 0 spiro atoms. The Labute approximate surface area is 87.8 Å². The molecule has 0 bridgehead atoms. The average molecular weight is 200 g/mol. The Morgan fingerprint density at radius 1 is 1.57 bits per heavy atom. The van der Waals surface area contributed by atoms with Crippen LogP contribution in [-0.2, 0) is 4.74 Å². The van der Waals surface area contributed by atoms with Gasteiger partial charge in [-0.2, -0.15) is 0 Å². The van der Waals surface area contributed by atoms with Gasteiger partial charge in [-0.3, -0.25) is 0 Å². The van der Waals surface area contributed by atoms with Gasteiger partial charge in [-0.1, -0.05) is 13.3 Å². The molecule has 0 aromatic carbocycles. The predicted octanol–water partition coefficient (Wildman–Crippen LogP) is 0.953. The summed E-state index contributed by atoms with van der Waals surface area (Å²) in [6.07, 6.45) is 2.70. The second kappa shape index (κ2) is 6.38. The zero-order valence-electron chi connectivity index (χ0n) is 9.75. The van der Waals surface area contributed by atoms with Gasteiger partial charge in [0.2, 0.25) is 0 Å². The smallest absolute Gasteiger partial charge is 0.0628 e. The van der Waals surface area contributed by atoms with E-state index in [1.165, 1.54) is 25.9 Å². The second-order valence-corrected chi connectivity index (χ2v) is 4.26. The third-order valence-corrected chi connectivity index (χ3v) is 3.20. The fourth-order valence-electron chi connectivity index (χ4n) is 2.15. The highest BCUT2D eigenvalue weighted by atomic mass is 16.5. The highest BCUT2D eigenvalue weighted by molar-refractivity contribution is 4.78. The van der Waals surface area contributed by atoms with Gasteiger partial charge in [0.15, 0.2) is 0 Å². The van der Waals surface area contributed by atoms with Crippen LogP contribution in [0.25, 0.3) is 0 Å². The van der Waals surface area contributed by atoms with Crippen LogP contribution in [0.1, 0.15) is 19.8 Å². The van der Waals surface area contributed by atoms with Gasteiger partial charge in [0.25, 0.3) is 0 Å². The lowest BCUT2D eigenvalue weighted by molar-refractivity contribution is 0.148. The summed E-state index contributed by atoms with van der Waals surface area (Å²) in [5.41, 5.74) is 0. The Balaban J connectivity index is 2.22. The van der Waals surface area contributed by atoms with E-state index in [1.54, 1.807) is 7.11 Å². The lowest BCUT2D eigenvalue weighted by Gasteiger charge is -2.22. The summed E-state index contributed by atoms with van der Waals surface area (Å²) in [5.74, 6) is 0.926. The van der Waals surface area contributed by atoms with Crippen molar-refractivity contribution in [2.45, 2.75) is 25.8 Å². The second-order valence-electron chi connectivity index (χ2n) is 4.26. The maximum Gasteiger partial charge on any atom is 0.0628 e. The number of nitrogens with one attached hydrogen (secondary N) is 1. The molecule has 1 aliphatic rings. The summed E-state index contributed by atoms with van der Waals surface area (Å²) in [5, 5.41) is 3.30. The van der Waals surface area contributed by atoms with Crippen molar-refractivity contribution in [3.63, 3.8) is 0 Å². The third-order valence-electron chi connectivity index (χ3n) is 3.20. The summed E-state index contributed by atoms with van der Waals surface area (Å²) >= 11 is 0. The van der Waals surface area contributed by atoms with Gasteiger partial charge in [-0.05, 0) is 25.9 Å². The zero-order chi connectivity index (χ0) is 10.4. The molecule has 1 aliphatic heterocycles. The number of nitrogens with zero attached hydrogens (tertiary/aromatic N) is 1. The number of hydrogen-bond donors (Lipinski definition) is 1. The molecule has 0 amide bonds. The molecular weight excluding hydrogens is 176 g/mol. The minimum absolute atomic E-state index is 0.482. The van der Waals surface area contributed by atoms with Crippen LogP contribution in [-0.4, -0.2) is 51.3 Å². The summed E-state index contributed by atoms with van der Waals surface area (Å²) in [6.45, 7) is 6.77. The standard InChI is InChI=1S/C11H24N2O/c1-4-10-5-6-13(7-10)8-11(12-2)9-14-3/h10-12H,4-9H2,1-3H3. The van der Waals surface area contributed by atoms with Crippen LogP contribution in [0.5, 0.6) is 0 Å². The van der Waals surface area contributed by atoms with Crippen LogP contribution in [0.3, 0.4) is 0 Å². The van der Waals surface area contributed by atoms with Crippen molar-refractivity contribution in [1.29, 1.82) is 0 Å². The molecule has 14 heavy (non-hydrogen) atoms. The molecule has 1 saturated heterocycles. The Kier molecular flexibility index (Phi) is 5.45. The van der Waals surface area contributed by atoms with E-state index in [-0.39, 0.29) is 0 Å². The quantitative estimate of drug-likeness (QED) is 0.691. The molecule has 2 unspecified atom stereocenters. The lowest BCUT2D eigenvalue weighted by atomic mass is 10.1. The van der Waals surface area contributed by atoms with Gasteiger partial charge in [0.1, 0.15) is 0 Å². The molecule has 0 aromatic rings. The van der Waals surface area contributed by atoms with Gasteiger partial charge >= 0.3 is 0 Å². The number of likely N-dealkylation sites (tertiary alicyclic amines) is 1. The van der Waals surface area contributed by atoms with Gasteiger partial charge in [-0.25, -0.2) is 0 Å². The van der Waals surface area contributed by atoms with Gasteiger partial charge < -0.3 is 15.0 Å². The van der Waals surface area contributed by atoms with Crippen LogP contribution >= 0.6 is 0 Å². The number of likely N-dealkylation sites (N-methyl/N-ethyl adjacent to an activating group) is 1. The van der Waals surface area contributed by atoms with E-state index >= 15 is 0 Å². The van der Waals surface area contributed by atoms with Crippen LogP contribution < -0.4 is 5.32 Å². The molecule has 84 valence electrons. The van der Waals surface area contributed by atoms with E-state index in [2.05, 4.69) is 17.1 Å². The molecule has 1 rings (SSSR count). The SMILES string of the molecule is CCC1CCN(CC(COC)NC)C1. The highest BCUT2D eigenvalue weighted by Crippen LogP contribution is 2.18. The van der Waals surface area contributed by atoms with Crippen LogP contribution in [0.2, 0.25) is 0 Å². The molecule has 2 atom stereocenters. The molecule has 3 heteroatoms. The Hall–Kier alpha value is -0.120. The first-order valence-electron chi connectivity index (χ1n) is 5.68. The maximum absolute atomic E-state index is 5.17. The fraction of sp³-hybridized carbons (Fsp3) is 1.00. The first-order chi connectivity index (χ1) is 6.80. The zero-order valence-corrected chi connectivity index (χ0v) is 9.75. The molecule has 1 N–H and O–H groups in total. The molecule has 0 aliphatic carbocycles. The largest absolute Gasteiger partial charge is 0.383 e. The fourth-order valence-corrected chi connectivity index (χ4v) is 2.15. The molecule has 1 fully saturated rings. The average Bonchev–Trinajstić information content (AvgIpc) is 2.65. The van der Waals surface area contributed by atoms with Crippen molar-refractivity contribution in [3.05, 3.63) is 0 Å². The van der Waals surface area contributed by atoms with Crippen molar-refractivity contribution < 1.29 is 4.74 Å². The molecule has 0 radical (unpaired) electrons. The maximum atomic E-state index is 5.17. The highest BCUT2D eigenvalue weighted by Gasteiger charge is 2.22. The van der Waals surface area contributed by atoms with Gasteiger partial charge in [-0.15, -0.1) is 0 Å². The molecule has 0 saturated carbocycles. The number of ether oxygens (including phenoxy) is 1. The Morgan fingerprint density at radius 3 is 2.86 bits per heavy atom. The third kappa shape index (κ3) is 3.56. The van der Waals surface area contributed by atoms with Crippen molar-refractivity contribution >= 4 is 0 Å². The first-order valence-corrected chi connectivity index (χ1v) is 5.68. The van der Waals surface area contributed by atoms with Crippen LogP contribution in [0.4, 0.5) is 0 Å². The lowest BCUT2D eigenvalue weighted by Crippen LogP contribution is -2.41. The molecular formula is C11H24N2O. The Bertz CT molecular complexity index is 152. The van der Waals surface area contributed by atoms with E-state index in [1.807, 2.05) is 7.05 Å². The summed E-state index contributed by atoms with van der Waals surface area (Å²) < 4.78 is 5.17. The minimum Gasteiger partial charge on any atom is -0.383 e. The number of methoxy groups -OCH3 is 1. The van der Waals surface area contributed by atoms with E-state index in [4.69, 9.17) is 4.74 Å². The van der Waals surface area contributed by atoms with Gasteiger partial charge in [0, 0.05) is 26.2 Å². The summed E-state index contributed by atoms with van der Waals surface area (Å²) in [6, 6.07) is 0.482. The number of rotatable bonds is 6. The van der Waals surface area contributed by atoms with Crippen molar-refractivity contribution in [2.24, 2.45) is 5.92 Å². The van der Waals surface area contributed by atoms with Gasteiger partial charge in [0.05, 0.1) is 6.61 Å². The first kappa shape index (κ1) is 12.0. The monoisotopic (exact) mass is 200 g/mol. The summed E-state index contributed by atoms with van der Waals surface area (Å²) in [4.78, 5) is 2.55. The topological polar surface area (TPSA) is 24.5 Å². The number of hydrogen-bond acceptors (Lipinski definition) is 3. The van der Waals surface area contributed by atoms with Crippen LogP contribution in [0, 0.1) is 5.92 Å². The van der Waals surface area contributed by atoms with E-state index < -0.39 is 0 Å². The predicted molar refractivity (Wildman–Crippen MR) is 59.6 cm³/mol. The molecule has 1 heterocycles. The Morgan fingerprint density at radius 2 is 2.36 bits per heavy atom. The van der Waals surface area contributed by atoms with E-state index in [0.717, 1.165) is 19.1 Å². The molecule has 3 nitrogen and oxygen atoms in total. The minimum atomic E-state index is 0.482.